The first-order valence-electron chi connectivity index (χ1n) is 9.68. The topological polar surface area (TPSA) is 41.4 Å². The Balaban J connectivity index is 1.70. The molecule has 0 bridgehead atoms. The van der Waals surface area contributed by atoms with Crippen molar-refractivity contribution >= 4 is 11.6 Å². The number of anilines is 1. The molecule has 1 amide bonds. The highest BCUT2D eigenvalue weighted by atomic mass is 16.2. The lowest BCUT2D eigenvalue weighted by molar-refractivity contribution is 0.0703. The number of aryl methyl sites for hydroxylation is 1. The van der Waals surface area contributed by atoms with Crippen LogP contribution in [-0.4, -0.2) is 47.5 Å². The van der Waals surface area contributed by atoms with Gasteiger partial charge in [-0.1, -0.05) is 13.3 Å². The van der Waals surface area contributed by atoms with Crippen molar-refractivity contribution < 1.29 is 4.79 Å². The summed E-state index contributed by atoms with van der Waals surface area (Å²) in [6, 6.07) is 7.88. The first-order valence-corrected chi connectivity index (χ1v) is 9.68. The predicted octanol–water partition coefficient (Wildman–Crippen LogP) is 3.77. The van der Waals surface area contributed by atoms with Gasteiger partial charge in [0.1, 0.15) is 5.82 Å². The van der Waals surface area contributed by atoms with Crippen molar-refractivity contribution in [2.24, 2.45) is 0 Å². The van der Waals surface area contributed by atoms with Gasteiger partial charge in [0.05, 0.1) is 0 Å². The second-order valence-corrected chi connectivity index (χ2v) is 7.36. The molecule has 0 radical (unpaired) electrons. The fraction of sp³-hybridized carbons (Fsp3) is 0.524. The number of amides is 1. The number of likely N-dealkylation sites (tertiary alicyclic amines) is 1. The quantitative estimate of drug-likeness (QED) is 0.793. The molecule has 0 N–H and O–H groups in total. The third-order valence-electron chi connectivity index (χ3n) is 5.20. The van der Waals surface area contributed by atoms with E-state index in [2.05, 4.69) is 22.7 Å². The number of imidazole rings is 1. The van der Waals surface area contributed by atoms with E-state index in [1.807, 2.05) is 54.4 Å². The van der Waals surface area contributed by atoms with Gasteiger partial charge in [-0.25, -0.2) is 4.98 Å². The van der Waals surface area contributed by atoms with Gasteiger partial charge in [0.15, 0.2) is 0 Å². The molecule has 1 saturated heterocycles. The monoisotopic (exact) mass is 354 g/mol. The maximum absolute atomic E-state index is 12.9. The Morgan fingerprint density at radius 1 is 1.27 bits per heavy atom. The SMILES string of the molecule is CCCCn1ccnc1[C@@H]1CCCN(C(=O)c2ccc(N(C)C)cc2)C1. The van der Waals surface area contributed by atoms with E-state index >= 15 is 0 Å². The van der Waals surface area contributed by atoms with Gasteiger partial charge in [0.2, 0.25) is 0 Å². The molecular formula is C21H30N4O. The summed E-state index contributed by atoms with van der Waals surface area (Å²) in [5.74, 6) is 1.60. The molecule has 0 saturated carbocycles. The third kappa shape index (κ3) is 4.09. The van der Waals surface area contributed by atoms with Crippen molar-refractivity contribution in [3.05, 3.63) is 48.0 Å². The predicted molar refractivity (Wildman–Crippen MR) is 106 cm³/mol. The summed E-state index contributed by atoms with van der Waals surface area (Å²) in [7, 11) is 4.01. The highest BCUT2D eigenvalue weighted by molar-refractivity contribution is 5.94. The van der Waals surface area contributed by atoms with E-state index in [9.17, 15) is 4.79 Å². The molecule has 26 heavy (non-hydrogen) atoms. The molecule has 2 aromatic rings. The number of benzene rings is 1. The fourth-order valence-corrected chi connectivity index (χ4v) is 3.66. The molecule has 2 heterocycles. The molecule has 3 rings (SSSR count). The van der Waals surface area contributed by atoms with Crippen LogP contribution in [0.2, 0.25) is 0 Å². The molecule has 1 atom stereocenters. The summed E-state index contributed by atoms with van der Waals surface area (Å²) < 4.78 is 2.27. The van der Waals surface area contributed by atoms with Crippen molar-refractivity contribution in [3.8, 4) is 0 Å². The number of carbonyl (C=O) groups is 1. The van der Waals surface area contributed by atoms with Crippen LogP contribution in [0.5, 0.6) is 0 Å². The van der Waals surface area contributed by atoms with Crippen LogP contribution in [0.4, 0.5) is 5.69 Å². The molecule has 1 aromatic carbocycles. The number of unbranched alkanes of at least 4 members (excludes halogenated alkanes) is 1. The summed E-state index contributed by atoms with van der Waals surface area (Å²) in [5.41, 5.74) is 1.88. The van der Waals surface area contributed by atoms with E-state index in [0.717, 1.165) is 56.0 Å². The number of hydrogen-bond donors (Lipinski definition) is 0. The smallest absolute Gasteiger partial charge is 0.253 e. The third-order valence-corrected chi connectivity index (χ3v) is 5.20. The molecule has 5 nitrogen and oxygen atoms in total. The van der Waals surface area contributed by atoms with Crippen LogP contribution < -0.4 is 4.90 Å². The minimum absolute atomic E-state index is 0.131. The second-order valence-electron chi connectivity index (χ2n) is 7.36. The van der Waals surface area contributed by atoms with Crippen LogP contribution >= 0.6 is 0 Å². The summed E-state index contributed by atoms with van der Waals surface area (Å²) in [6.45, 7) is 4.82. The average molecular weight is 354 g/mol. The highest BCUT2D eigenvalue weighted by Gasteiger charge is 2.27. The van der Waals surface area contributed by atoms with E-state index in [1.165, 1.54) is 6.42 Å². The zero-order valence-corrected chi connectivity index (χ0v) is 16.2. The van der Waals surface area contributed by atoms with Crippen molar-refractivity contribution in [2.45, 2.75) is 45.1 Å². The van der Waals surface area contributed by atoms with Crippen LogP contribution in [0.25, 0.3) is 0 Å². The van der Waals surface area contributed by atoms with E-state index < -0.39 is 0 Å². The molecule has 5 heteroatoms. The van der Waals surface area contributed by atoms with Crippen molar-refractivity contribution in [1.29, 1.82) is 0 Å². The minimum Gasteiger partial charge on any atom is -0.378 e. The van der Waals surface area contributed by atoms with Crippen LogP contribution in [0, 0.1) is 0 Å². The Hall–Kier alpha value is -2.30. The lowest BCUT2D eigenvalue weighted by Gasteiger charge is -2.33. The second kappa shape index (κ2) is 8.39. The van der Waals surface area contributed by atoms with Gasteiger partial charge in [0, 0.05) is 63.3 Å². The Labute approximate surface area is 156 Å². The molecule has 1 fully saturated rings. The summed E-state index contributed by atoms with van der Waals surface area (Å²) in [5, 5.41) is 0. The Kier molecular flexibility index (Phi) is 5.96. The Morgan fingerprint density at radius 2 is 2.04 bits per heavy atom. The number of carbonyl (C=O) groups excluding carboxylic acids is 1. The normalized spacial score (nSPS) is 17.3. The zero-order valence-electron chi connectivity index (χ0n) is 16.2. The molecular weight excluding hydrogens is 324 g/mol. The number of piperidine rings is 1. The van der Waals surface area contributed by atoms with Gasteiger partial charge in [0.25, 0.3) is 5.91 Å². The first-order chi connectivity index (χ1) is 12.6. The molecule has 1 aliphatic rings. The Morgan fingerprint density at radius 3 is 2.73 bits per heavy atom. The van der Waals surface area contributed by atoms with E-state index in [0.29, 0.717) is 5.92 Å². The van der Waals surface area contributed by atoms with Crippen LogP contribution in [0.3, 0.4) is 0 Å². The lowest BCUT2D eigenvalue weighted by atomic mass is 9.96. The summed E-state index contributed by atoms with van der Waals surface area (Å²) >= 11 is 0. The van der Waals surface area contributed by atoms with Gasteiger partial charge >= 0.3 is 0 Å². The largest absolute Gasteiger partial charge is 0.378 e. The molecule has 1 aromatic heterocycles. The average Bonchev–Trinajstić information content (AvgIpc) is 3.14. The molecule has 1 aliphatic heterocycles. The lowest BCUT2D eigenvalue weighted by Crippen LogP contribution is -2.39. The van der Waals surface area contributed by atoms with Gasteiger partial charge in [-0.05, 0) is 43.5 Å². The van der Waals surface area contributed by atoms with E-state index in [1.54, 1.807) is 0 Å². The maximum atomic E-state index is 12.9. The van der Waals surface area contributed by atoms with Gasteiger partial charge in [-0.15, -0.1) is 0 Å². The van der Waals surface area contributed by atoms with Crippen molar-refractivity contribution in [1.82, 2.24) is 14.5 Å². The Bertz CT molecular complexity index is 720. The number of aromatic nitrogens is 2. The first kappa shape index (κ1) is 18.5. The zero-order chi connectivity index (χ0) is 18.5. The van der Waals surface area contributed by atoms with Gasteiger partial charge in [-0.3, -0.25) is 4.79 Å². The summed E-state index contributed by atoms with van der Waals surface area (Å²) in [6.07, 6.45) is 8.45. The fourth-order valence-electron chi connectivity index (χ4n) is 3.66. The molecule has 0 spiro atoms. The van der Waals surface area contributed by atoms with Crippen LogP contribution in [0.15, 0.2) is 36.7 Å². The van der Waals surface area contributed by atoms with Crippen molar-refractivity contribution in [3.63, 3.8) is 0 Å². The number of rotatable bonds is 6. The van der Waals surface area contributed by atoms with Gasteiger partial charge in [-0.2, -0.15) is 0 Å². The van der Waals surface area contributed by atoms with Crippen LogP contribution in [-0.2, 0) is 6.54 Å². The van der Waals surface area contributed by atoms with Crippen molar-refractivity contribution in [2.75, 3.05) is 32.1 Å². The molecule has 0 aliphatic carbocycles. The minimum atomic E-state index is 0.131. The standard InChI is InChI=1S/C21H30N4O/c1-4-5-13-24-15-12-22-20(24)18-7-6-14-25(16-18)21(26)17-8-10-19(11-9-17)23(2)3/h8-12,15,18H,4-7,13-14,16H2,1-3H3/t18-/m1/s1. The van der Waals surface area contributed by atoms with Crippen LogP contribution in [0.1, 0.15) is 54.7 Å². The number of nitrogens with zero attached hydrogens (tertiary/aromatic N) is 4. The molecule has 140 valence electrons. The number of hydrogen-bond acceptors (Lipinski definition) is 3. The van der Waals surface area contributed by atoms with E-state index in [4.69, 9.17) is 0 Å². The maximum Gasteiger partial charge on any atom is 0.253 e. The van der Waals surface area contributed by atoms with E-state index in [-0.39, 0.29) is 5.91 Å². The summed E-state index contributed by atoms with van der Waals surface area (Å²) in [4.78, 5) is 21.6. The molecule has 0 unspecified atom stereocenters. The van der Waals surface area contributed by atoms with Gasteiger partial charge < -0.3 is 14.4 Å². The highest BCUT2D eigenvalue weighted by Crippen LogP contribution is 2.27.